The highest BCUT2D eigenvalue weighted by Crippen LogP contribution is 2.35. The van der Waals surface area contributed by atoms with Crippen molar-refractivity contribution in [1.82, 2.24) is 9.80 Å². The second-order valence-corrected chi connectivity index (χ2v) is 10.2. The molecule has 35 heavy (non-hydrogen) atoms. The van der Waals surface area contributed by atoms with Crippen LogP contribution in [0.5, 0.6) is 11.5 Å². The van der Waals surface area contributed by atoms with E-state index in [0.29, 0.717) is 35.2 Å². The van der Waals surface area contributed by atoms with Gasteiger partial charge in [0.05, 0.1) is 13.2 Å². The largest absolute Gasteiger partial charge is 0.497 e. The van der Waals surface area contributed by atoms with Crippen molar-refractivity contribution in [2.45, 2.75) is 31.3 Å². The Balaban J connectivity index is 1.32. The van der Waals surface area contributed by atoms with Crippen molar-refractivity contribution in [2.75, 3.05) is 26.8 Å². The molecule has 1 saturated carbocycles. The number of nitrogens with zero attached hydrogens (tertiary/aromatic N) is 2. The average molecular weight is 511 g/mol. The third-order valence-electron chi connectivity index (χ3n) is 6.53. The smallest absolute Gasteiger partial charge is 0.254 e. The van der Waals surface area contributed by atoms with Crippen LogP contribution in [0.25, 0.3) is 0 Å². The monoisotopic (exact) mass is 510 g/mol. The zero-order valence-corrected chi connectivity index (χ0v) is 21.1. The predicted molar refractivity (Wildman–Crippen MR) is 136 cm³/mol. The molecule has 6 nitrogen and oxygen atoms in total. The maximum Gasteiger partial charge on any atom is 0.254 e. The first-order valence-corrected chi connectivity index (χ1v) is 13.0. The van der Waals surface area contributed by atoms with Gasteiger partial charge in [-0.2, -0.15) is 0 Å². The van der Waals surface area contributed by atoms with Crippen molar-refractivity contribution in [3.05, 3.63) is 81.0 Å². The molecule has 2 aliphatic rings. The van der Waals surface area contributed by atoms with Crippen LogP contribution >= 0.6 is 22.9 Å². The number of carbonyl (C=O) groups is 2. The molecule has 0 N–H and O–H groups in total. The molecule has 182 valence electrons. The number of fused-ring (bicyclic) bond motifs is 1. The molecule has 0 spiro atoms. The normalized spacial score (nSPS) is 17.0. The van der Waals surface area contributed by atoms with Crippen LogP contribution in [0, 0.1) is 0 Å². The summed E-state index contributed by atoms with van der Waals surface area (Å²) < 4.78 is 11.3. The molecule has 0 unspecified atom stereocenters. The summed E-state index contributed by atoms with van der Waals surface area (Å²) in [4.78, 5) is 31.8. The van der Waals surface area contributed by atoms with Crippen molar-refractivity contribution in [3.8, 4) is 11.5 Å². The summed E-state index contributed by atoms with van der Waals surface area (Å²) in [6.07, 6.45) is 2.66. The van der Waals surface area contributed by atoms with E-state index in [9.17, 15) is 9.59 Å². The van der Waals surface area contributed by atoms with E-state index in [2.05, 4.69) is 11.4 Å². The highest BCUT2D eigenvalue weighted by atomic mass is 35.5. The number of halogens is 1. The Bertz CT molecular complexity index is 1190. The lowest BCUT2D eigenvalue weighted by Gasteiger charge is -2.37. The van der Waals surface area contributed by atoms with Gasteiger partial charge in [0.25, 0.3) is 5.91 Å². The van der Waals surface area contributed by atoms with Crippen LogP contribution in [0.2, 0.25) is 5.02 Å². The van der Waals surface area contributed by atoms with E-state index in [4.69, 9.17) is 21.1 Å². The summed E-state index contributed by atoms with van der Waals surface area (Å²) in [5.41, 5.74) is 1.69. The van der Waals surface area contributed by atoms with Crippen LogP contribution in [0.3, 0.4) is 0 Å². The predicted octanol–water partition coefficient (Wildman–Crippen LogP) is 5.22. The first kappa shape index (κ1) is 23.7. The van der Waals surface area contributed by atoms with E-state index in [1.54, 1.807) is 59.7 Å². The van der Waals surface area contributed by atoms with Gasteiger partial charge in [0.15, 0.2) is 0 Å². The molecule has 2 aromatic carbocycles. The average Bonchev–Trinajstić information content (AvgIpc) is 3.61. The highest BCUT2D eigenvalue weighted by molar-refractivity contribution is 7.10. The van der Waals surface area contributed by atoms with Crippen molar-refractivity contribution in [1.29, 1.82) is 0 Å². The van der Waals surface area contributed by atoms with Gasteiger partial charge in [-0.15, -0.1) is 11.3 Å². The molecule has 0 radical (unpaired) electrons. The van der Waals surface area contributed by atoms with Crippen LogP contribution in [-0.2, 0) is 11.2 Å². The Labute approximate surface area is 214 Å². The first-order valence-electron chi connectivity index (χ1n) is 11.7. The number of thiophene rings is 1. The summed E-state index contributed by atoms with van der Waals surface area (Å²) in [6, 6.07) is 16.3. The number of carbonyl (C=O) groups excluding carboxylic acids is 2. The number of hydrogen-bond donors (Lipinski definition) is 0. The summed E-state index contributed by atoms with van der Waals surface area (Å²) in [6.45, 7) is 1.01. The highest BCUT2D eigenvalue weighted by Gasteiger charge is 2.38. The van der Waals surface area contributed by atoms with E-state index in [-0.39, 0.29) is 30.4 Å². The van der Waals surface area contributed by atoms with Gasteiger partial charge < -0.3 is 19.3 Å². The van der Waals surface area contributed by atoms with E-state index in [0.717, 1.165) is 24.8 Å². The molecule has 3 aromatic rings. The minimum absolute atomic E-state index is 0.0553. The molecular formula is C27H27ClN2O4S. The van der Waals surface area contributed by atoms with Crippen molar-refractivity contribution < 1.29 is 19.1 Å². The molecule has 1 aromatic heterocycles. The fourth-order valence-corrected chi connectivity index (χ4v) is 5.52. The number of rotatable bonds is 8. The minimum Gasteiger partial charge on any atom is -0.497 e. The van der Waals surface area contributed by atoms with E-state index in [1.165, 1.54) is 4.88 Å². The molecule has 0 bridgehead atoms. The molecule has 1 aliphatic heterocycles. The lowest BCUT2D eigenvalue weighted by atomic mass is 10.0. The van der Waals surface area contributed by atoms with Crippen molar-refractivity contribution >= 4 is 34.8 Å². The van der Waals surface area contributed by atoms with Gasteiger partial charge in [-0.25, -0.2) is 0 Å². The second kappa shape index (κ2) is 10.3. The molecule has 5 rings (SSSR count). The van der Waals surface area contributed by atoms with Gasteiger partial charge in [-0.05, 0) is 84.8 Å². The van der Waals surface area contributed by atoms with Gasteiger partial charge in [-0.1, -0.05) is 11.6 Å². The van der Waals surface area contributed by atoms with Crippen molar-refractivity contribution in [3.63, 3.8) is 0 Å². The molecule has 1 atom stereocenters. The Morgan fingerprint density at radius 3 is 2.46 bits per heavy atom. The van der Waals surface area contributed by atoms with Gasteiger partial charge in [-0.3, -0.25) is 9.59 Å². The van der Waals surface area contributed by atoms with E-state index >= 15 is 0 Å². The Morgan fingerprint density at radius 2 is 1.77 bits per heavy atom. The molecule has 2 heterocycles. The first-order chi connectivity index (χ1) is 17.0. The van der Waals surface area contributed by atoms with Crippen LogP contribution in [0.15, 0.2) is 60.0 Å². The van der Waals surface area contributed by atoms with Crippen LogP contribution in [0.4, 0.5) is 0 Å². The number of ether oxygens (including phenoxy) is 2. The zero-order chi connectivity index (χ0) is 24.4. The summed E-state index contributed by atoms with van der Waals surface area (Å²) in [5.74, 6) is 1.23. The molecule has 8 heteroatoms. The lowest BCUT2D eigenvalue weighted by molar-refractivity contribution is -0.135. The fourth-order valence-electron chi connectivity index (χ4n) is 4.47. The molecular weight excluding hydrogens is 484 g/mol. The maximum atomic E-state index is 13.6. The van der Waals surface area contributed by atoms with E-state index in [1.807, 2.05) is 17.0 Å². The quantitative estimate of drug-likeness (QED) is 0.417. The summed E-state index contributed by atoms with van der Waals surface area (Å²) >= 11 is 7.71. The van der Waals surface area contributed by atoms with Crippen LogP contribution in [-0.4, -0.2) is 54.5 Å². The lowest BCUT2D eigenvalue weighted by Crippen LogP contribution is -2.48. The Kier molecular flexibility index (Phi) is 6.97. The number of methoxy groups -OCH3 is 1. The minimum atomic E-state index is -0.203. The summed E-state index contributed by atoms with van der Waals surface area (Å²) in [7, 11) is 1.59. The van der Waals surface area contributed by atoms with Crippen molar-refractivity contribution in [2.24, 2.45) is 0 Å². The third-order valence-corrected chi connectivity index (χ3v) is 7.78. The van der Waals surface area contributed by atoms with Gasteiger partial charge in [0.1, 0.15) is 24.7 Å². The zero-order valence-electron chi connectivity index (χ0n) is 19.5. The fraction of sp³-hybridized carbons (Fsp3) is 0.333. The molecule has 1 fully saturated rings. The SMILES string of the molecule is COc1ccc(C(=O)N(CC(=O)N2CCc3sccc3[C@H]2COc2ccc(Cl)cc2)C2CC2)cc1. The number of hydrogen-bond acceptors (Lipinski definition) is 5. The third kappa shape index (κ3) is 5.31. The topological polar surface area (TPSA) is 59.1 Å². The standard InChI is InChI=1S/C27H27ClN2O4S/c1-33-21-8-2-18(3-9-21)27(32)30(20-6-7-20)16-26(31)29-14-12-25-23(13-15-35-25)24(29)17-34-22-10-4-19(28)5-11-22/h2-5,8-11,13,15,20,24H,6-7,12,14,16-17H2,1H3/t24-/m1/s1. The number of amides is 2. The van der Waals surface area contributed by atoms with Crippen LogP contribution in [0.1, 0.15) is 39.7 Å². The summed E-state index contributed by atoms with van der Waals surface area (Å²) in [5, 5.41) is 2.71. The second-order valence-electron chi connectivity index (χ2n) is 8.81. The van der Waals surface area contributed by atoms with Gasteiger partial charge >= 0.3 is 0 Å². The van der Waals surface area contributed by atoms with Gasteiger partial charge in [0, 0.05) is 28.0 Å². The van der Waals surface area contributed by atoms with Crippen LogP contribution < -0.4 is 9.47 Å². The molecule has 0 saturated heterocycles. The van der Waals surface area contributed by atoms with Gasteiger partial charge in [0.2, 0.25) is 5.91 Å². The number of benzene rings is 2. The Hall–Kier alpha value is -3.03. The maximum absolute atomic E-state index is 13.6. The molecule has 2 amide bonds. The molecule has 1 aliphatic carbocycles. The van der Waals surface area contributed by atoms with E-state index < -0.39 is 0 Å². The Morgan fingerprint density at radius 1 is 1.06 bits per heavy atom.